The lowest BCUT2D eigenvalue weighted by Gasteiger charge is -2.20. The number of nitrogens with zero attached hydrogens (tertiary/aromatic N) is 4. The fourth-order valence-corrected chi connectivity index (χ4v) is 4.14. The van der Waals surface area contributed by atoms with Gasteiger partial charge >= 0.3 is 0 Å². The molecule has 158 valence electrons. The van der Waals surface area contributed by atoms with Gasteiger partial charge in [-0.05, 0) is 17.7 Å². The maximum absolute atomic E-state index is 12.4. The highest BCUT2D eigenvalue weighted by molar-refractivity contribution is 7.99. The van der Waals surface area contributed by atoms with E-state index < -0.39 is 0 Å². The normalized spacial score (nSPS) is 12.2. The van der Waals surface area contributed by atoms with Crippen LogP contribution in [0.1, 0.15) is 30.8 Å². The molecule has 1 amide bonds. The van der Waals surface area contributed by atoms with Crippen LogP contribution < -0.4 is 10.2 Å². The molecular weight excluding hydrogens is 420 g/mol. The van der Waals surface area contributed by atoms with Crippen molar-refractivity contribution in [2.24, 2.45) is 0 Å². The van der Waals surface area contributed by atoms with Crippen LogP contribution in [0.25, 0.3) is 0 Å². The summed E-state index contributed by atoms with van der Waals surface area (Å²) in [4.78, 5) is 17.7. The summed E-state index contributed by atoms with van der Waals surface area (Å²) in [5, 5.41) is 12.7. The fourth-order valence-electron chi connectivity index (χ4n) is 3.22. The van der Waals surface area contributed by atoms with Crippen molar-refractivity contribution in [2.45, 2.75) is 31.1 Å². The van der Waals surface area contributed by atoms with Gasteiger partial charge in [0, 0.05) is 12.6 Å². The van der Waals surface area contributed by atoms with Crippen molar-refractivity contribution in [3.05, 3.63) is 65.2 Å². The summed E-state index contributed by atoms with van der Waals surface area (Å²) in [6.45, 7) is 2.81. The van der Waals surface area contributed by atoms with E-state index in [1.165, 1.54) is 16.7 Å². The van der Waals surface area contributed by atoms with Crippen LogP contribution in [0, 0.1) is 0 Å². The van der Waals surface area contributed by atoms with Crippen LogP contribution in [0.5, 0.6) is 0 Å². The Hall–Kier alpha value is -2.42. The first-order chi connectivity index (χ1) is 14.5. The van der Waals surface area contributed by atoms with Crippen LogP contribution in [0.15, 0.2) is 53.8 Å². The predicted molar refractivity (Wildman–Crippen MR) is 120 cm³/mol. The second-order valence-corrected chi connectivity index (χ2v) is 8.43. The number of quaternary nitrogens is 1. The highest BCUT2D eigenvalue weighted by atomic mass is 35.5. The Morgan fingerprint density at radius 2 is 1.97 bits per heavy atom. The number of carbonyl (C=O) groups is 1. The summed E-state index contributed by atoms with van der Waals surface area (Å²) in [6, 6.07) is 13.9. The molecule has 3 rings (SSSR count). The first-order valence-corrected chi connectivity index (χ1v) is 11.2. The maximum Gasteiger partial charge on any atom is 0.234 e. The highest BCUT2D eigenvalue weighted by Crippen LogP contribution is 2.23. The Morgan fingerprint density at radius 1 is 1.20 bits per heavy atom. The van der Waals surface area contributed by atoms with Gasteiger partial charge in [-0.3, -0.25) is 9.36 Å². The van der Waals surface area contributed by atoms with Crippen molar-refractivity contribution >= 4 is 35.0 Å². The van der Waals surface area contributed by atoms with Crippen molar-refractivity contribution in [3.8, 4) is 0 Å². The number of amides is 1. The molecule has 0 aliphatic rings. The summed E-state index contributed by atoms with van der Waals surface area (Å²) in [5.41, 5.74) is 1.66. The van der Waals surface area contributed by atoms with E-state index in [1.54, 1.807) is 18.3 Å². The van der Waals surface area contributed by atoms with Gasteiger partial charge in [0.25, 0.3) is 0 Å². The first kappa shape index (κ1) is 22.3. The van der Waals surface area contributed by atoms with Crippen LogP contribution in [0.2, 0.25) is 5.15 Å². The minimum absolute atomic E-state index is 0.170. The third kappa shape index (κ3) is 5.59. The van der Waals surface area contributed by atoms with E-state index in [-0.39, 0.29) is 22.9 Å². The first-order valence-electron chi connectivity index (χ1n) is 9.79. The Balaban J connectivity index is 1.78. The molecule has 0 aliphatic heterocycles. The zero-order valence-corrected chi connectivity index (χ0v) is 18.9. The molecule has 0 aliphatic carbocycles. The zero-order valence-electron chi connectivity index (χ0n) is 17.3. The molecule has 0 saturated carbocycles. The molecule has 0 spiro atoms. The van der Waals surface area contributed by atoms with Crippen molar-refractivity contribution in [1.82, 2.24) is 19.7 Å². The number of thioether (sulfide) groups is 1. The molecule has 0 unspecified atom stereocenters. The number of anilines is 1. The van der Waals surface area contributed by atoms with Crippen molar-refractivity contribution in [2.75, 3.05) is 25.2 Å². The average molecular weight is 446 g/mol. The molecule has 2 aromatic heterocycles. The van der Waals surface area contributed by atoms with Gasteiger partial charge in [-0.15, -0.1) is 10.2 Å². The lowest BCUT2D eigenvalue weighted by molar-refractivity contribution is -0.893. The van der Waals surface area contributed by atoms with E-state index in [9.17, 15) is 4.79 Å². The smallest absolute Gasteiger partial charge is 0.234 e. The molecular formula is C21H26ClN6OS+. The summed E-state index contributed by atoms with van der Waals surface area (Å²) in [7, 11) is 4.24. The standard InChI is InChI=1S/C21H25ClN6OS/c1-4-17(27(2)3)20-25-26-21(28(20)13-15-9-6-5-7-10-15)30-14-18(29)24-16-11-8-12-23-19(16)22/h5-12,17H,4,13-14H2,1-3H3,(H,24,29)/p+1/t17-/m0/s1. The SMILES string of the molecule is CC[C@@H](c1nnc(SCC(=O)Nc2cccnc2Cl)n1Cc1ccccc1)[NH+](C)C. The van der Waals surface area contributed by atoms with Gasteiger partial charge in [-0.25, -0.2) is 4.98 Å². The van der Waals surface area contributed by atoms with Crippen LogP contribution in [-0.2, 0) is 11.3 Å². The topological polar surface area (TPSA) is 77.1 Å². The summed E-state index contributed by atoms with van der Waals surface area (Å²) >= 11 is 7.39. The van der Waals surface area contributed by atoms with E-state index in [4.69, 9.17) is 11.6 Å². The number of aromatic nitrogens is 4. The Labute approximate surface area is 185 Å². The molecule has 0 radical (unpaired) electrons. The highest BCUT2D eigenvalue weighted by Gasteiger charge is 2.25. The van der Waals surface area contributed by atoms with Crippen LogP contribution in [0.3, 0.4) is 0 Å². The Morgan fingerprint density at radius 3 is 2.63 bits per heavy atom. The number of hydrogen-bond acceptors (Lipinski definition) is 5. The van der Waals surface area contributed by atoms with Gasteiger partial charge < -0.3 is 10.2 Å². The third-order valence-electron chi connectivity index (χ3n) is 4.71. The molecule has 2 N–H and O–H groups in total. The maximum atomic E-state index is 12.4. The zero-order chi connectivity index (χ0) is 21.5. The quantitative estimate of drug-likeness (QED) is 0.391. The summed E-state index contributed by atoms with van der Waals surface area (Å²) in [5.74, 6) is 0.958. The molecule has 1 aromatic carbocycles. The summed E-state index contributed by atoms with van der Waals surface area (Å²) in [6.07, 6.45) is 2.52. The fraction of sp³-hybridized carbons (Fsp3) is 0.333. The van der Waals surface area contributed by atoms with Crippen LogP contribution in [-0.4, -0.2) is 45.5 Å². The number of pyridine rings is 1. The molecule has 30 heavy (non-hydrogen) atoms. The number of carbonyl (C=O) groups excluding carboxylic acids is 1. The van der Waals surface area contributed by atoms with Gasteiger partial charge in [0.15, 0.2) is 16.1 Å². The van der Waals surface area contributed by atoms with E-state index in [1.807, 2.05) is 18.2 Å². The van der Waals surface area contributed by atoms with Crippen molar-refractivity contribution in [1.29, 1.82) is 0 Å². The van der Waals surface area contributed by atoms with Crippen molar-refractivity contribution in [3.63, 3.8) is 0 Å². The van der Waals surface area contributed by atoms with Crippen molar-refractivity contribution < 1.29 is 9.69 Å². The molecule has 1 atom stereocenters. The lowest BCUT2D eigenvalue weighted by atomic mass is 10.2. The number of nitrogens with one attached hydrogen (secondary N) is 2. The molecule has 9 heteroatoms. The average Bonchev–Trinajstić information content (AvgIpc) is 3.11. The van der Waals surface area contributed by atoms with Crippen LogP contribution in [0.4, 0.5) is 5.69 Å². The van der Waals surface area contributed by atoms with E-state index in [0.717, 1.165) is 23.0 Å². The third-order valence-corrected chi connectivity index (χ3v) is 5.98. The number of hydrogen-bond donors (Lipinski definition) is 2. The number of rotatable bonds is 9. The Bertz CT molecular complexity index is 979. The van der Waals surface area contributed by atoms with E-state index in [0.29, 0.717) is 12.2 Å². The molecule has 7 nitrogen and oxygen atoms in total. The van der Waals surface area contributed by atoms with Gasteiger partial charge in [0.05, 0.1) is 32.1 Å². The van der Waals surface area contributed by atoms with Gasteiger partial charge in [0.1, 0.15) is 6.04 Å². The second-order valence-electron chi connectivity index (χ2n) is 7.13. The summed E-state index contributed by atoms with van der Waals surface area (Å²) < 4.78 is 2.12. The monoisotopic (exact) mass is 445 g/mol. The predicted octanol–water partition coefficient (Wildman–Crippen LogP) is 2.70. The number of halogens is 1. The minimum atomic E-state index is -0.170. The molecule has 0 bridgehead atoms. The molecule has 0 fully saturated rings. The van der Waals surface area contributed by atoms with Gasteiger partial charge in [-0.2, -0.15) is 0 Å². The lowest BCUT2D eigenvalue weighted by Crippen LogP contribution is -3.06. The van der Waals surface area contributed by atoms with E-state index >= 15 is 0 Å². The minimum Gasteiger partial charge on any atom is -0.331 e. The number of benzene rings is 1. The molecule has 3 aromatic rings. The van der Waals surface area contributed by atoms with Gasteiger partial charge in [-0.1, -0.05) is 60.6 Å². The largest absolute Gasteiger partial charge is 0.331 e. The Kier molecular flexibility index (Phi) is 7.84. The van der Waals surface area contributed by atoms with Gasteiger partial charge in [0.2, 0.25) is 5.91 Å². The van der Waals surface area contributed by atoms with E-state index in [2.05, 4.69) is 58.2 Å². The van der Waals surface area contributed by atoms with Crippen LogP contribution >= 0.6 is 23.4 Å². The molecule has 0 saturated heterocycles. The molecule has 2 heterocycles. The second kappa shape index (κ2) is 10.6.